The molecular formula is C20H21N3O2. The van der Waals surface area contributed by atoms with E-state index in [0.29, 0.717) is 0 Å². The van der Waals surface area contributed by atoms with Gasteiger partial charge < -0.3 is 15.6 Å². The summed E-state index contributed by atoms with van der Waals surface area (Å²) in [5, 5.41) is 6.47. The van der Waals surface area contributed by atoms with Crippen LogP contribution in [0.2, 0.25) is 0 Å². The van der Waals surface area contributed by atoms with Crippen LogP contribution in [0.15, 0.2) is 54.7 Å². The van der Waals surface area contributed by atoms with Gasteiger partial charge in [0, 0.05) is 22.8 Å². The van der Waals surface area contributed by atoms with E-state index in [2.05, 4.69) is 22.5 Å². The number of hydrogen-bond donors (Lipinski definition) is 3. The molecule has 3 N–H and O–H groups in total. The highest BCUT2D eigenvalue weighted by atomic mass is 16.2. The van der Waals surface area contributed by atoms with Crippen LogP contribution in [0.3, 0.4) is 0 Å². The lowest BCUT2D eigenvalue weighted by atomic mass is 10.1. The highest BCUT2D eigenvalue weighted by molar-refractivity contribution is 5.95. The van der Waals surface area contributed by atoms with Crippen molar-refractivity contribution in [3.63, 3.8) is 0 Å². The van der Waals surface area contributed by atoms with Crippen molar-refractivity contribution in [2.24, 2.45) is 0 Å². The predicted octanol–water partition coefficient (Wildman–Crippen LogP) is 3.03. The molecule has 3 aromatic rings. The summed E-state index contributed by atoms with van der Waals surface area (Å²) in [6.07, 6.45) is 3.03. The van der Waals surface area contributed by atoms with E-state index in [1.54, 1.807) is 0 Å². The molecule has 3 rings (SSSR count). The van der Waals surface area contributed by atoms with Crippen LogP contribution in [0, 0.1) is 0 Å². The fraction of sp³-hybridized carbons (Fsp3) is 0.200. The number of rotatable bonds is 6. The van der Waals surface area contributed by atoms with E-state index in [0.717, 1.165) is 28.6 Å². The summed E-state index contributed by atoms with van der Waals surface area (Å²) in [4.78, 5) is 27.2. The number of carbonyl (C=O) groups excluding carboxylic acids is 2. The van der Waals surface area contributed by atoms with Gasteiger partial charge in [-0.05, 0) is 35.7 Å². The number of nitrogens with one attached hydrogen (secondary N) is 3. The largest absolute Gasteiger partial charge is 0.361 e. The number of fused-ring (bicyclic) bond motifs is 1. The number of anilines is 1. The molecule has 2 amide bonds. The minimum atomic E-state index is -0.239. The van der Waals surface area contributed by atoms with Crippen LogP contribution in [0.1, 0.15) is 18.1 Å². The molecule has 2 aromatic carbocycles. The summed E-state index contributed by atoms with van der Waals surface area (Å²) in [5.41, 5.74) is 3.86. The Balaban J connectivity index is 1.50. The first-order chi connectivity index (χ1) is 12.2. The first kappa shape index (κ1) is 16.8. The molecule has 0 atom stereocenters. The van der Waals surface area contributed by atoms with E-state index in [1.165, 1.54) is 5.56 Å². The van der Waals surface area contributed by atoms with Gasteiger partial charge >= 0.3 is 0 Å². The number of H-pyrrole nitrogens is 1. The molecule has 0 aliphatic rings. The number of benzene rings is 2. The Morgan fingerprint density at radius 3 is 2.52 bits per heavy atom. The highest BCUT2D eigenvalue weighted by Crippen LogP contribution is 2.17. The van der Waals surface area contributed by atoms with Crippen molar-refractivity contribution in [1.29, 1.82) is 0 Å². The molecule has 5 heteroatoms. The summed E-state index contributed by atoms with van der Waals surface area (Å²) in [5.74, 6) is -0.419. The summed E-state index contributed by atoms with van der Waals surface area (Å²) < 4.78 is 0. The van der Waals surface area contributed by atoms with Gasteiger partial charge in [0.15, 0.2) is 0 Å². The molecule has 0 radical (unpaired) electrons. The first-order valence-corrected chi connectivity index (χ1v) is 8.36. The molecule has 0 unspecified atom stereocenters. The molecule has 128 valence electrons. The van der Waals surface area contributed by atoms with Gasteiger partial charge in [0.05, 0.1) is 13.0 Å². The third-order valence-corrected chi connectivity index (χ3v) is 4.12. The van der Waals surface area contributed by atoms with Crippen molar-refractivity contribution in [2.75, 3.05) is 11.9 Å². The van der Waals surface area contributed by atoms with Crippen LogP contribution in [0.4, 0.5) is 5.69 Å². The number of aryl methyl sites for hydroxylation is 1. The maximum atomic E-state index is 12.1. The van der Waals surface area contributed by atoms with Gasteiger partial charge in [0.2, 0.25) is 11.8 Å². The van der Waals surface area contributed by atoms with E-state index in [9.17, 15) is 9.59 Å². The van der Waals surface area contributed by atoms with Crippen LogP contribution < -0.4 is 10.6 Å². The normalized spacial score (nSPS) is 10.6. The zero-order valence-corrected chi connectivity index (χ0v) is 14.1. The van der Waals surface area contributed by atoms with E-state index >= 15 is 0 Å². The van der Waals surface area contributed by atoms with Gasteiger partial charge in [0.1, 0.15) is 0 Å². The third kappa shape index (κ3) is 4.26. The Kier molecular flexibility index (Phi) is 5.14. The van der Waals surface area contributed by atoms with Crippen molar-refractivity contribution in [3.05, 3.63) is 65.9 Å². The predicted molar refractivity (Wildman–Crippen MR) is 99.5 cm³/mol. The molecule has 5 nitrogen and oxygen atoms in total. The van der Waals surface area contributed by atoms with E-state index < -0.39 is 0 Å². The number of aromatic nitrogens is 1. The Morgan fingerprint density at radius 2 is 1.76 bits per heavy atom. The lowest BCUT2D eigenvalue weighted by Crippen LogP contribution is -2.33. The van der Waals surface area contributed by atoms with Crippen LogP contribution in [-0.4, -0.2) is 23.3 Å². The molecule has 1 aromatic heterocycles. The highest BCUT2D eigenvalue weighted by Gasteiger charge is 2.10. The van der Waals surface area contributed by atoms with Crippen molar-refractivity contribution >= 4 is 28.4 Å². The van der Waals surface area contributed by atoms with E-state index in [-0.39, 0.29) is 24.8 Å². The second-order valence-corrected chi connectivity index (χ2v) is 5.91. The van der Waals surface area contributed by atoms with Gasteiger partial charge in [-0.15, -0.1) is 0 Å². The number of para-hydroxylation sites is 1. The van der Waals surface area contributed by atoms with Crippen LogP contribution in [0.5, 0.6) is 0 Å². The van der Waals surface area contributed by atoms with Crippen LogP contribution >= 0.6 is 0 Å². The second-order valence-electron chi connectivity index (χ2n) is 5.91. The number of hydrogen-bond acceptors (Lipinski definition) is 2. The number of aromatic amines is 1. The molecular weight excluding hydrogens is 314 g/mol. The Morgan fingerprint density at radius 1 is 1.00 bits per heavy atom. The first-order valence-electron chi connectivity index (χ1n) is 8.36. The minimum absolute atomic E-state index is 0.0449. The third-order valence-electron chi connectivity index (χ3n) is 4.12. The lowest BCUT2D eigenvalue weighted by molar-refractivity contribution is -0.123. The molecule has 0 fully saturated rings. The lowest BCUT2D eigenvalue weighted by Gasteiger charge is -2.07. The van der Waals surface area contributed by atoms with Crippen LogP contribution in [0.25, 0.3) is 10.9 Å². The molecule has 0 spiro atoms. The van der Waals surface area contributed by atoms with Gasteiger partial charge in [-0.1, -0.05) is 37.3 Å². The fourth-order valence-electron chi connectivity index (χ4n) is 2.72. The van der Waals surface area contributed by atoms with E-state index in [1.807, 2.05) is 54.7 Å². The minimum Gasteiger partial charge on any atom is -0.361 e. The van der Waals surface area contributed by atoms with Gasteiger partial charge in [-0.3, -0.25) is 9.59 Å². The molecule has 0 saturated heterocycles. The zero-order chi connectivity index (χ0) is 17.6. The Labute approximate surface area is 146 Å². The standard InChI is InChI=1S/C20H21N3O2/c1-2-14-7-9-16(10-8-14)23-20(25)13-22-19(24)11-15-12-21-18-6-4-3-5-17(15)18/h3-10,12,21H,2,11,13H2,1H3,(H,22,24)(H,23,25). The summed E-state index contributed by atoms with van der Waals surface area (Å²) >= 11 is 0. The Hall–Kier alpha value is -3.08. The SMILES string of the molecule is CCc1ccc(NC(=O)CNC(=O)Cc2c[nH]c3ccccc23)cc1. The van der Waals surface area contributed by atoms with Crippen molar-refractivity contribution in [1.82, 2.24) is 10.3 Å². The average molecular weight is 335 g/mol. The maximum Gasteiger partial charge on any atom is 0.243 e. The zero-order valence-electron chi connectivity index (χ0n) is 14.1. The van der Waals surface area contributed by atoms with Gasteiger partial charge in [-0.25, -0.2) is 0 Å². The Bertz CT molecular complexity index is 881. The van der Waals surface area contributed by atoms with Crippen molar-refractivity contribution < 1.29 is 9.59 Å². The van der Waals surface area contributed by atoms with Gasteiger partial charge in [-0.2, -0.15) is 0 Å². The van der Waals surface area contributed by atoms with Crippen molar-refractivity contribution in [3.8, 4) is 0 Å². The summed E-state index contributed by atoms with van der Waals surface area (Å²) in [6, 6.07) is 15.5. The smallest absolute Gasteiger partial charge is 0.243 e. The average Bonchev–Trinajstić information content (AvgIpc) is 3.04. The molecule has 0 saturated carbocycles. The quantitative estimate of drug-likeness (QED) is 0.648. The second kappa shape index (κ2) is 7.66. The van der Waals surface area contributed by atoms with Gasteiger partial charge in [0.25, 0.3) is 0 Å². The number of carbonyl (C=O) groups is 2. The summed E-state index contributed by atoms with van der Waals surface area (Å²) in [6.45, 7) is 2.04. The van der Waals surface area contributed by atoms with E-state index in [4.69, 9.17) is 0 Å². The monoisotopic (exact) mass is 335 g/mol. The van der Waals surface area contributed by atoms with Crippen LogP contribution in [-0.2, 0) is 22.4 Å². The van der Waals surface area contributed by atoms with Crippen molar-refractivity contribution in [2.45, 2.75) is 19.8 Å². The molecule has 0 aliphatic carbocycles. The molecule has 25 heavy (non-hydrogen) atoms. The summed E-state index contributed by atoms with van der Waals surface area (Å²) in [7, 11) is 0. The molecule has 0 aliphatic heterocycles. The topological polar surface area (TPSA) is 74.0 Å². The molecule has 1 heterocycles. The number of amides is 2. The molecule has 0 bridgehead atoms. The fourth-order valence-corrected chi connectivity index (χ4v) is 2.72. The maximum absolute atomic E-state index is 12.1.